The summed E-state index contributed by atoms with van der Waals surface area (Å²) in [5, 5.41) is 3.32. The summed E-state index contributed by atoms with van der Waals surface area (Å²) in [5.41, 5.74) is 1.35. The first-order valence-electron chi connectivity index (χ1n) is 9.44. The molecule has 1 unspecified atom stereocenters. The average Bonchev–Trinajstić information content (AvgIpc) is 2.71. The van der Waals surface area contributed by atoms with E-state index in [1.165, 1.54) is 0 Å². The van der Waals surface area contributed by atoms with Gasteiger partial charge in [-0.2, -0.15) is 0 Å². The molecule has 164 valence electrons. The molecule has 0 aliphatic heterocycles. The van der Waals surface area contributed by atoms with E-state index >= 15 is 0 Å². The number of anilines is 1. The highest BCUT2D eigenvalue weighted by Gasteiger charge is 2.31. The molecule has 1 amide bonds. The minimum absolute atomic E-state index is 0.317. The van der Waals surface area contributed by atoms with Crippen LogP contribution in [0.15, 0.2) is 42.5 Å². The van der Waals surface area contributed by atoms with Crippen LogP contribution < -0.4 is 19.1 Å². The maximum absolute atomic E-state index is 12.8. The maximum Gasteiger partial charge on any atom is 0.243 e. The van der Waals surface area contributed by atoms with Gasteiger partial charge in [-0.3, -0.25) is 9.10 Å². The molecule has 2 aromatic carbocycles. The summed E-state index contributed by atoms with van der Waals surface area (Å²) < 4.78 is 36.5. The lowest BCUT2D eigenvalue weighted by molar-refractivity contribution is -0.122. The lowest BCUT2D eigenvalue weighted by Crippen LogP contribution is -2.49. The van der Waals surface area contributed by atoms with Gasteiger partial charge in [-0.25, -0.2) is 8.42 Å². The molecule has 9 heteroatoms. The summed E-state index contributed by atoms with van der Waals surface area (Å²) in [7, 11) is -0.554. The highest BCUT2D eigenvalue weighted by molar-refractivity contribution is 7.92. The number of carbonyl (C=O) groups excluding carboxylic acids is 1. The molecule has 2 rings (SSSR count). The zero-order chi connectivity index (χ0) is 22.3. The van der Waals surface area contributed by atoms with Crippen molar-refractivity contribution in [2.45, 2.75) is 25.8 Å². The van der Waals surface area contributed by atoms with Crippen LogP contribution in [0.3, 0.4) is 0 Å². The first-order chi connectivity index (χ1) is 14.2. The van der Waals surface area contributed by atoms with E-state index in [1.807, 2.05) is 12.1 Å². The minimum Gasteiger partial charge on any atom is -0.493 e. The molecule has 1 N–H and O–H groups in total. The van der Waals surface area contributed by atoms with E-state index in [1.54, 1.807) is 51.5 Å². The molecule has 0 saturated carbocycles. The molecular weight excluding hydrogens is 428 g/mol. The molecule has 0 spiro atoms. The fraction of sp³-hybridized carbons (Fsp3) is 0.381. The molecule has 0 aliphatic carbocycles. The molecule has 0 radical (unpaired) electrons. The van der Waals surface area contributed by atoms with Crippen molar-refractivity contribution in [1.29, 1.82) is 0 Å². The first-order valence-corrected chi connectivity index (χ1v) is 11.7. The molecule has 0 fully saturated rings. The van der Waals surface area contributed by atoms with Gasteiger partial charge in [0.2, 0.25) is 15.9 Å². The number of benzene rings is 2. The summed E-state index contributed by atoms with van der Waals surface area (Å²) in [6.45, 7) is 2.12. The van der Waals surface area contributed by atoms with Crippen molar-refractivity contribution in [1.82, 2.24) is 5.32 Å². The number of sulfonamides is 1. The Morgan fingerprint density at radius 3 is 2.27 bits per heavy atom. The Balaban J connectivity index is 2.11. The van der Waals surface area contributed by atoms with Crippen molar-refractivity contribution in [2.75, 3.05) is 31.3 Å². The Hall–Kier alpha value is -2.45. The number of nitrogens with one attached hydrogen (secondary N) is 1. The van der Waals surface area contributed by atoms with Crippen molar-refractivity contribution in [3.8, 4) is 11.5 Å². The Kier molecular flexibility index (Phi) is 8.37. The van der Waals surface area contributed by atoms with Gasteiger partial charge in [-0.1, -0.05) is 24.6 Å². The monoisotopic (exact) mass is 454 g/mol. The highest BCUT2D eigenvalue weighted by atomic mass is 35.5. The normalized spacial score (nSPS) is 12.2. The number of halogens is 1. The summed E-state index contributed by atoms with van der Waals surface area (Å²) in [4.78, 5) is 12.8. The largest absolute Gasteiger partial charge is 0.493 e. The number of methoxy groups -OCH3 is 2. The van der Waals surface area contributed by atoms with E-state index in [9.17, 15) is 13.2 Å². The minimum atomic E-state index is -3.68. The molecular formula is C21H27ClN2O5S. The summed E-state index contributed by atoms with van der Waals surface area (Å²) in [6, 6.07) is 11.0. The first kappa shape index (κ1) is 23.8. The second-order valence-corrected chi connectivity index (χ2v) is 8.99. The second kappa shape index (κ2) is 10.5. The van der Waals surface area contributed by atoms with Crippen LogP contribution in [0.2, 0.25) is 5.02 Å². The van der Waals surface area contributed by atoms with E-state index < -0.39 is 16.1 Å². The summed E-state index contributed by atoms with van der Waals surface area (Å²) in [5.74, 6) is 0.875. The lowest BCUT2D eigenvalue weighted by atomic mass is 10.1. The second-order valence-electron chi connectivity index (χ2n) is 6.69. The maximum atomic E-state index is 12.8. The van der Waals surface area contributed by atoms with Crippen LogP contribution in [-0.2, 0) is 21.2 Å². The van der Waals surface area contributed by atoms with E-state index in [0.717, 1.165) is 16.1 Å². The Labute approximate surface area is 183 Å². The number of nitrogens with zero attached hydrogens (tertiary/aromatic N) is 1. The number of carbonyl (C=O) groups is 1. The van der Waals surface area contributed by atoms with Gasteiger partial charge in [-0.05, 0) is 54.8 Å². The number of rotatable bonds is 10. The van der Waals surface area contributed by atoms with Crippen LogP contribution in [-0.4, -0.2) is 47.4 Å². The number of ether oxygens (including phenoxy) is 2. The molecule has 1 atom stereocenters. The van der Waals surface area contributed by atoms with Crippen LogP contribution in [0.1, 0.15) is 18.9 Å². The molecule has 0 bridgehead atoms. The summed E-state index contributed by atoms with van der Waals surface area (Å²) >= 11 is 5.91. The number of amides is 1. The molecule has 30 heavy (non-hydrogen) atoms. The van der Waals surface area contributed by atoms with Crippen LogP contribution in [0.5, 0.6) is 11.5 Å². The van der Waals surface area contributed by atoms with Crippen molar-refractivity contribution in [3.05, 3.63) is 53.1 Å². The third kappa shape index (κ3) is 6.03. The molecule has 0 heterocycles. The highest BCUT2D eigenvalue weighted by Crippen LogP contribution is 2.28. The van der Waals surface area contributed by atoms with Crippen LogP contribution >= 0.6 is 11.6 Å². The Bertz CT molecular complexity index is 964. The predicted molar refractivity (Wildman–Crippen MR) is 119 cm³/mol. The molecule has 0 aromatic heterocycles. The molecule has 0 aliphatic rings. The van der Waals surface area contributed by atoms with E-state index in [0.29, 0.717) is 41.6 Å². The third-order valence-electron chi connectivity index (χ3n) is 4.57. The topological polar surface area (TPSA) is 84.9 Å². The number of hydrogen-bond acceptors (Lipinski definition) is 5. The van der Waals surface area contributed by atoms with Gasteiger partial charge in [0.15, 0.2) is 11.5 Å². The standard InChI is InChI=1S/C21H27ClN2O5S/c1-5-18(24(30(4,26)27)17-9-7-16(22)8-10-17)21(25)23-13-12-15-6-11-19(28-2)20(14-15)29-3/h6-11,14,18H,5,12-13H2,1-4H3,(H,23,25). The zero-order valence-corrected chi connectivity index (χ0v) is 19.1. The van der Waals surface area contributed by atoms with Gasteiger partial charge in [-0.15, -0.1) is 0 Å². The fourth-order valence-corrected chi connectivity index (χ4v) is 4.47. The lowest BCUT2D eigenvalue weighted by Gasteiger charge is -2.30. The quantitative estimate of drug-likeness (QED) is 0.595. The van der Waals surface area contributed by atoms with Gasteiger partial charge in [0, 0.05) is 11.6 Å². The van der Waals surface area contributed by atoms with Gasteiger partial charge < -0.3 is 14.8 Å². The molecule has 2 aromatic rings. The predicted octanol–water partition coefficient (Wildman–Crippen LogP) is 3.26. The van der Waals surface area contributed by atoms with E-state index in [4.69, 9.17) is 21.1 Å². The fourth-order valence-electron chi connectivity index (χ4n) is 3.13. The van der Waals surface area contributed by atoms with Crippen LogP contribution in [0.4, 0.5) is 5.69 Å². The SMILES string of the molecule is CCC(C(=O)NCCc1ccc(OC)c(OC)c1)N(c1ccc(Cl)cc1)S(C)(=O)=O. The molecule has 7 nitrogen and oxygen atoms in total. The van der Waals surface area contributed by atoms with Crippen molar-refractivity contribution in [3.63, 3.8) is 0 Å². The Morgan fingerprint density at radius 2 is 1.73 bits per heavy atom. The van der Waals surface area contributed by atoms with Crippen molar-refractivity contribution < 1.29 is 22.7 Å². The van der Waals surface area contributed by atoms with Gasteiger partial charge in [0.05, 0.1) is 26.2 Å². The molecule has 0 saturated heterocycles. The van der Waals surface area contributed by atoms with Gasteiger partial charge in [0.1, 0.15) is 6.04 Å². The van der Waals surface area contributed by atoms with E-state index in [2.05, 4.69) is 5.32 Å². The van der Waals surface area contributed by atoms with Crippen molar-refractivity contribution >= 4 is 33.2 Å². The van der Waals surface area contributed by atoms with Crippen molar-refractivity contribution in [2.24, 2.45) is 0 Å². The zero-order valence-electron chi connectivity index (χ0n) is 17.5. The Morgan fingerprint density at radius 1 is 1.10 bits per heavy atom. The van der Waals surface area contributed by atoms with Crippen LogP contribution in [0, 0.1) is 0 Å². The van der Waals surface area contributed by atoms with Gasteiger partial charge >= 0.3 is 0 Å². The summed E-state index contributed by atoms with van der Waals surface area (Å²) in [6.07, 6.45) is 1.96. The average molecular weight is 455 g/mol. The van der Waals surface area contributed by atoms with E-state index in [-0.39, 0.29) is 5.91 Å². The number of hydrogen-bond donors (Lipinski definition) is 1. The van der Waals surface area contributed by atoms with Gasteiger partial charge in [0.25, 0.3) is 0 Å². The smallest absolute Gasteiger partial charge is 0.243 e. The van der Waals surface area contributed by atoms with Crippen LogP contribution in [0.25, 0.3) is 0 Å². The third-order valence-corrected chi connectivity index (χ3v) is 6.00.